The zero-order chi connectivity index (χ0) is 18.2. The van der Waals surface area contributed by atoms with Gasteiger partial charge < -0.3 is 5.32 Å². The zero-order valence-electron chi connectivity index (χ0n) is 12.2. The van der Waals surface area contributed by atoms with E-state index in [9.17, 15) is 21.6 Å². The van der Waals surface area contributed by atoms with Crippen LogP contribution < -0.4 is 10.7 Å². The van der Waals surface area contributed by atoms with Gasteiger partial charge in [-0.2, -0.15) is 8.42 Å². The van der Waals surface area contributed by atoms with Crippen LogP contribution in [0.15, 0.2) is 24.3 Å². The molecule has 0 saturated carbocycles. The standard InChI is InChI=1S/C11H14N4O7S2/c12-15-14-10-3-1-9(2-4-10)11(16)13-5-7-23(17,18)8-6-22-24(19,20)21/h1-4H,5-8H2,(H2-,13,14,16,19,20,21)/p+1. The Bertz CT molecular complexity index is 813. The fourth-order valence-electron chi connectivity index (χ4n) is 1.54. The Kier molecular flexibility index (Phi) is 7.04. The molecular weight excluding hydrogens is 364 g/mol. The predicted octanol–water partition coefficient (Wildman–Crippen LogP) is -0.169. The molecular formula is C11H15N4O7S2+. The molecule has 11 nitrogen and oxygen atoms in total. The lowest BCUT2D eigenvalue weighted by atomic mass is 10.2. The Morgan fingerprint density at radius 3 is 2.33 bits per heavy atom. The lowest BCUT2D eigenvalue weighted by Crippen LogP contribution is -2.30. The maximum Gasteiger partial charge on any atom is 0.397 e. The molecule has 24 heavy (non-hydrogen) atoms. The summed E-state index contributed by atoms with van der Waals surface area (Å²) in [5.74, 6) is -1.54. The van der Waals surface area contributed by atoms with Crippen LogP contribution in [0.25, 0.3) is 5.08 Å². The summed E-state index contributed by atoms with van der Waals surface area (Å²) in [6, 6.07) is 5.85. The van der Waals surface area contributed by atoms with Crippen molar-refractivity contribution < 1.29 is 30.4 Å². The molecule has 1 rings (SSSR count). The molecule has 1 aromatic rings. The molecule has 3 N–H and O–H groups in total. The number of diazo groups is 1. The SMILES string of the molecule is N#[N+]Nc1ccc(C(=O)NCCS(=O)(=O)CCOS(=O)(=O)O)cc1. The second-order valence-electron chi connectivity index (χ2n) is 4.45. The van der Waals surface area contributed by atoms with Crippen LogP contribution in [0.3, 0.4) is 0 Å². The van der Waals surface area contributed by atoms with Crippen LogP contribution in [0, 0.1) is 5.39 Å². The third kappa shape index (κ3) is 7.83. The molecule has 0 saturated heterocycles. The van der Waals surface area contributed by atoms with Gasteiger partial charge in [0.15, 0.2) is 9.84 Å². The average molecular weight is 379 g/mol. The minimum absolute atomic E-state index is 0.182. The van der Waals surface area contributed by atoms with E-state index in [0.29, 0.717) is 5.69 Å². The molecule has 13 heteroatoms. The van der Waals surface area contributed by atoms with Gasteiger partial charge in [0.05, 0.1) is 18.1 Å². The largest absolute Gasteiger partial charge is 0.397 e. The first-order valence-corrected chi connectivity index (χ1v) is 9.62. The Balaban J connectivity index is 2.42. The third-order valence-corrected chi connectivity index (χ3v) is 4.73. The predicted molar refractivity (Wildman–Crippen MR) is 83.6 cm³/mol. The molecule has 0 aliphatic heterocycles. The van der Waals surface area contributed by atoms with Crippen LogP contribution in [0.5, 0.6) is 0 Å². The lowest BCUT2D eigenvalue weighted by Gasteiger charge is -2.06. The van der Waals surface area contributed by atoms with Crippen LogP contribution in [0.4, 0.5) is 5.69 Å². The van der Waals surface area contributed by atoms with Gasteiger partial charge in [-0.15, -0.1) is 0 Å². The van der Waals surface area contributed by atoms with Crippen molar-refractivity contribution in [1.29, 1.82) is 5.39 Å². The summed E-state index contributed by atoms with van der Waals surface area (Å²) >= 11 is 0. The number of carbonyl (C=O) groups is 1. The lowest BCUT2D eigenvalue weighted by molar-refractivity contribution is 0.0956. The van der Waals surface area contributed by atoms with E-state index in [-0.39, 0.29) is 12.1 Å². The normalized spacial score (nSPS) is 11.5. The minimum atomic E-state index is -4.69. The van der Waals surface area contributed by atoms with Crippen molar-refractivity contribution in [3.63, 3.8) is 0 Å². The Morgan fingerprint density at radius 2 is 1.79 bits per heavy atom. The summed E-state index contributed by atoms with van der Waals surface area (Å²) in [4.78, 5) is 11.8. The highest BCUT2D eigenvalue weighted by Crippen LogP contribution is 2.09. The molecule has 132 valence electrons. The van der Waals surface area contributed by atoms with E-state index >= 15 is 0 Å². The summed E-state index contributed by atoms with van der Waals surface area (Å²) in [6.07, 6.45) is 0. The quantitative estimate of drug-likeness (QED) is 0.300. The highest BCUT2D eigenvalue weighted by Gasteiger charge is 2.14. The molecule has 0 bridgehead atoms. The Hall–Kier alpha value is -2.27. The van der Waals surface area contributed by atoms with Crippen molar-refractivity contribution in [3.8, 4) is 0 Å². The molecule has 1 amide bonds. The Labute approximate surface area is 138 Å². The van der Waals surface area contributed by atoms with E-state index in [1.807, 2.05) is 0 Å². The number of hydrogen-bond acceptors (Lipinski definition) is 8. The van der Waals surface area contributed by atoms with Crippen molar-refractivity contribution in [2.75, 3.05) is 30.1 Å². The summed E-state index contributed by atoms with van der Waals surface area (Å²) in [5.41, 5.74) is 2.99. The van der Waals surface area contributed by atoms with Gasteiger partial charge in [-0.1, -0.05) is 0 Å². The number of hydrogen-bond donors (Lipinski definition) is 3. The number of nitrogens with one attached hydrogen (secondary N) is 2. The topological polar surface area (TPSA) is 167 Å². The van der Waals surface area contributed by atoms with Gasteiger partial charge in [0.1, 0.15) is 5.69 Å². The first-order valence-electron chi connectivity index (χ1n) is 6.43. The van der Waals surface area contributed by atoms with Crippen LogP contribution in [-0.4, -0.2) is 52.0 Å². The number of amides is 1. The van der Waals surface area contributed by atoms with E-state index in [0.717, 1.165) is 0 Å². The van der Waals surface area contributed by atoms with Crippen LogP contribution in [-0.2, 0) is 24.4 Å². The van der Waals surface area contributed by atoms with Gasteiger partial charge in [-0.3, -0.25) is 9.35 Å². The van der Waals surface area contributed by atoms with Gasteiger partial charge in [-0.25, -0.2) is 12.6 Å². The summed E-state index contributed by atoms with van der Waals surface area (Å²) in [6.45, 7) is -0.890. The smallest absolute Gasteiger partial charge is 0.351 e. The molecule has 0 radical (unpaired) electrons. The fraction of sp³-hybridized carbons (Fsp3) is 0.364. The highest BCUT2D eigenvalue weighted by molar-refractivity contribution is 7.91. The fourth-order valence-corrected chi connectivity index (χ4v) is 2.90. The van der Waals surface area contributed by atoms with Crippen LogP contribution >= 0.6 is 0 Å². The summed E-state index contributed by atoms with van der Waals surface area (Å²) < 4.78 is 56.0. The van der Waals surface area contributed by atoms with E-state index in [1.165, 1.54) is 24.3 Å². The first kappa shape index (κ1) is 19.8. The summed E-state index contributed by atoms with van der Waals surface area (Å²) in [7, 11) is -8.35. The van der Waals surface area contributed by atoms with E-state index in [2.05, 4.69) is 20.0 Å². The molecule has 0 aromatic heterocycles. The van der Waals surface area contributed by atoms with Gasteiger partial charge in [0.25, 0.3) is 11.3 Å². The molecule has 0 unspecified atom stereocenters. The molecule has 1 aromatic carbocycles. The zero-order valence-corrected chi connectivity index (χ0v) is 13.9. The molecule has 0 aliphatic carbocycles. The van der Waals surface area contributed by atoms with Gasteiger partial charge in [-0.05, 0) is 29.7 Å². The van der Waals surface area contributed by atoms with Crippen molar-refractivity contribution in [3.05, 3.63) is 34.9 Å². The van der Waals surface area contributed by atoms with Crippen LogP contribution in [0.2, 0.25) is 0 Å². The summed E-state index contributed by atoms with van der Waals surface area (Å²) in [5, 5.41) is 13.4. The van der Waals surface area contributed by atoms with E-state index in [1.54, 1.807) is 0 Å². The molecule has 0 atom stereocenters. The highest BCUT2D eigenvalue weighted by atomic mass is 32.3. The number of anilines is 1. The van der Waals surface area contributed by atoms with Crippen molar-refractivity contribution in [2.45, 2.75) is 0 Å². The van der Waals surface area contributed by atoms with E-state index in [4.69, 9.17) is 9.95 Å². The van der Waals surface area contributed by atoms with Gasteiger partial charge in [0, 0.05) is 12.1 Å². The molecule has 0 spiro atoms. The molecule has 0 aliphatic rings. The first-order chi connectivity index (χ1) is 11.1. The van der Waals surface area contributed by atoms with Crippen LogP contribution in [0.1, 0.15) is 10.4 Å². The number of rotatable bonds is 9. The molecule has 0 heterocycles. The Morgan fingerprint density at radius 1 is 1.17 bits per heavy atom. The number of carbonyl (C=O) groups excluding carboxylic acids is 1. The van der Waals surface area contributed by atoms with E-state index < -0.39 is 44.3 Å². The second-order valence-corrected chi connectivity index (χ2v) is 7.84. The van der Waals surface area contributed by atoms with Crippen molar-refractivity contribution >= 4 is 31.8 Å². The number of benzene rings is 1. The maximum atomic E-state index is 11.8. The van der Waals surface area contributed by atoms with Crippen molar-refractivity contribution in [2.24, 2.45) is 0 Å². The average Bonchev–Trinajstić information content (AvgIpc) is 2.46. The molecule has 0 fully saturated rings. The minimum Gasteiger partial charge on any atom is -0.351 e. The number of nitrogens with zero attached hydrogens (tertiary/aromatic N) is 2. The second kappa shape index (κ2) is 8.55. The monoisotopic (exact) mass is 379 g/mol. The third-order valence-electron chi connectivity index (χ3n) is 2.65. The van der Waals surface area contributed by atoms with Gasteiger partial charge >= 0.3 is 15.5 Å². The van der Waals surface area contributed by atoms with Crippen molar-refractivity contribution in [1.82, 2.24) is 5.32 Å². The van der Waals surface area contributed by atoms with Gasteiger partial charge in [0.2, 0.25) is 0 Å². The number of sulfone groups is 1. The maximum absolute atomic E-state index is 11.8.